The Morgan fingerprint density at radius 2 is 1.86 bits per heavy atom. The van der Waals surface area contributed by atoms with Crippen LogP contribution in [0, 0.1) is 6.92 Å². The second-order valence-corrected chi connectivity index (χ2v) is 8.59. The molecule has 1 spiro atoms. The van der Waals surface area contributed by atoms with Gasteiger partial charge in [0.05, 0.1) is 5.60 Å². The monoisotopic (exact) mass is 502 g/mol. The Labute approximate surface area is 185 Å². The number of aryl methyl sites for hydroxylation is 1. The molecule has 1 atom stereocenters. The Morgan fingerprint density at radius 1 is 1.11 bits per heavy atom. The van der Waals surface area contributed by atoms with Crippen molar-refractivity contribution in [3.05, 3.63) is 11.6 Å². The molecule has 158 valence electrons. The SMILES string of the molecule is Cc1nnc(CN=C(NC2CCCCC2)NC2CCOC3(CCC3)C2)n1C.I. The zero-order chi connectivity index (χ0) is 18.7. The first kappa shape index (κ1) is 21.8. The van der Waals surface area contributed by atoms with E-state index in [4.69, 9.17) is 9.73 Å². The molecule has 2 saturated carbocycles. The summed E-state index contributed by atoms with van der Waals surface area (Å²) in [4.78, 5) is 4.88. The molecule has 0 aromatic carbocycles. The van der Waals surface area contributed by atoms with Gasteiger partial charge in [0.15, 0.2) is 11.8 Å². The molecular weight excluding hydrogens is 467 g/mol. The van der Waals surface area contributed by atoms with Crippen LogP contribution in [0.4, 0.5) is 0 Å². The number of hydrogen-bond acceptors (Lipinski definition) is 4. The van der Waals surface area contributed by atoms with Gasteiger partial charge in [0.1, 0.15) is 12.4 Å². The lowest BCUT2D eigenvalue weighted by Crippen LogP contribution is -2.55. The molecule has 1 aliphatic heterocycles. The number of nitrogens with zero attached hydrogens (tertiary/aromatic N) is 4. The van der Waals surface area contributed by atoms with Gasteiger partial charge in [-0.15, -0.1) is 34.2 Å². The van der Waals surface area contributed by atoms with Crippen LogP contribution in [0.5, 0.6) is 0 Å². The Morgan fingerprint density at radius 3 is 2.50 bits per heavy atom. The maximum Gasteiger partial charge on any atom is 0.192 e. The molecule has 0 amide bonds. The van der Waals surface area contributed by atoms with Crippen LogP contribution >= 0.6 is 24.0 Å². The Hall–Kier alpha value is -0.900. The normalized spacial score (nSPS) is 25.1. The lowest BCUT2D eigenvalue weighted by atomic mass is 9.74. The van der Waals surface area contributed by atoms with Crippen LogP contribution < -0.4 is 10.6 Å². The standard InChI is InChI=1S/C20H34N6O.HI/c1-15-24-25-18(26(15)2)14-21-19(22-16-7-4-3-5-8-16)23-17-9-12-27-20(13-17)10-6-11-20;/h16-17H,3-14H2,1-2H3,(H2,21,22,23);1H. The third-order valence-electron chi connectivity index (χ3n) is 6.61. The molecule has 2 heterocycles. The molecule has 0 bridgehead atoms. The summed E-state index contributed by atoms with van der Waals surface area (Å²) in [5.74, 6) is 2.76. The van der Waals surface area contributed by atoms with Crippen LogP contribution in [-0.4, -0.2) is 45.0 Å². The average Bonchev–Trinajstić information content (AvgIpc) is 2.98. The van der Waals surface area contributed by atoms with E-state index in [9.17, 15) is 0 Å². The van der Waals surface area contributed by atoms with Gasteiger partial charge in [-0.05, 0) is 51.9 Å². The van der Waals surface area contributed by atoms with Crippen molar-refractivity contribution in [2.45, 2.75) is 95.4 Å². The van der Waals surface area contributed by atoms with Crippen molar-refractivity contribution in [2.24, 2.45) is 12.0 Å². The number of aliphatic imine (C=N–C) groups is 1. The minimum Gasteiger partial charge on any atom is -0.375 e. The first-order valence-electron chi connectivity index (χ1n) is 10.7. The number of rotatable bonds is 4. The highest BCUT2D eigenvalue weighted by atomic mass is 127. The summed E-state index contributed by atoms with van der Waals surface area (Å²) in [6.45, 7) is 3.38. The lowest BCUT2D eigenvalue weighted by molar-refractivity contribution is -0.134. The minimum absolute atomic E-state index is 0. The van der Waals surface area contributed by atoms with E-state index in [2.05, 4.69) is 20.8 Å². The van der Waals surface area contributed by atoms with Crippen molar-refractivity contribution < 1.29 is 4.74 Å². The van der Waals surface area contributed by atoms with Gasteiger partial charge < -0.3 is 19.9 Å². The van der Waals surface area contributed by atoms with Crippen molar-refractivity contribution in [1.29, 1.82) is 0 Å². The van der Waals surface area contributed by atoms with E-state index >= 15 is 0 Å². The molecule has 1 aromatic heterocycles. The van der Waals surface area contributed by atoms with Gasteiger partial charge in [-0.25, -0.2) is 4.99 Å². The van der Waals surface area contributed by atoms with Crippen LogP contribution in [0.3, 0.4) is 0 Å². The fourth-order valence-electron chi connectivity index (χ4n) is 4.58. The minimum atomic E-state index is 0. The summed E-state index contributed by atoms with van der Waals surface area (Å²) >= 11 is 0. The van der Waals surface area contributed by atoms with Gasteiger partial charge in [-0.3, -0.25) is 0 Å². The zero-order valence-electron chi connectivity index (χ0n) is 17.2. The number of nitrogens with one attached hydrogen (secondary N) is 2. The van der Waals surface area contributed by atoms with E-state index in [0.29, 0.717) is 18.6 Å². The summed E-state index contributed by atoms with van der Waals surface area (Å²) in [7, 11) is 2.00. The summed E-state index contributed by atoms with van der Waals surface area (Å²) in [6, 6.07) is 0.971. The fraction of sp³-hybridized carbons (Fsp3) is 0.850. The van der Waals surface area contributed by atoms with Gasteiger partial charge in [0, 0.05) is 25.7 Å². The summed E-state index contributed by atoms with van der Waals surface area (Å²) < 4.78 is 8.10. The summed E-state index contributed by atoms with van der Waals surface area (Å²) in [5.41, 5.74) is 0.145. The maximum absolute atomic E-state index is 6.09. The number of ether oxygens (including phenoxy) is 1. The molecule has 2 N–H and O–H groups in total. The molecule has 28 heavy (non-hydrogen) atoms. The third-order valence-corrected chi connectivity index (χ3v) is 6.61. The molecular formula is C20H35IN6O. The fourth-order valence-corrected chi connectivity index (χ4v) is 4.58. The molecule has 0 radical (unpaired) electrons. The van der Waals surface area contributed by atoms with Crippen LogP contribution in [0.25, 0.3) is 0 Å². The average molecular weight is 502 g/mol. The van der Waals surface area contributed by atoms with Crippen LogP contribution in [0.15, 0.2) is 4.99 Å². The summed E-state index contributed by atoms with van der Waals surface area (Å²) in [5, 5.41) is 15.8. The predicted octanol–water partition coefficient (Wildman–Crippen LogP) is 3.21. The highest BCUT2D eigenvalue weighted by Crippen LogP contribution is 2.42. The zero-order valence-corrected chi connectivity index (χ0v) is 19.6. The number of hydrogen-bond donors (Lipinski definition) is 2. The number of aromatic nitrogens is 3. The molecule has 3 fully saturated rings. The Balaban J connectivity index is 0.00000225. The lowest BCUT2D eigenvalue weighted by Gasteiger charge is -2.47. The maximum atomic E-state index is 6.09. The third kappa shape index (κ3) is 5.17. The van der Waals surface area contributed by atoms with Crippen molar-refractivity contribution >= 4 is 29.9 Å². The number of halogens is 1. The van der Waals surface area contributed by atoms with Crippen LogP contribution in [0.2, 0.25) is 0 Å². The van der Waals surface area contributed by atoms with Crippen LogP contribution in [-0.2, 0) is 18.3 Å². The predicted molar refractivity (Wildman–Crippen MR) is 121 cm³/mol. The molecule has 1 saturated heterocycles. The second-order valence-electron chi connectivity index (χ2n) is 8.59. The van der Waals surface area contributed by atoms with Crippen molar-refractivity contribution in [2.75, 3.05) is 6.61 Å². The van der Waals surface area contributed by atoms with E-state index < -0.39 is 0 Å². The quantitative estimate of drug-likeness (QED) is 0.376. The first-order valence-corrected chi connectivity index (χ1v) is 10.7. The highest BCUT2D eigenvalue weighted by molar-refractivity contribution is 14.0. The smallest absolute Gasteiger partial charge is 0.192 e. The van der Waals surface area contributed by atoms with E-state index in [1.54, 1.807) is 0 Å². The summed E-state index contributed by atoms with van der Waals surface area (Å²) in [6.07, 6.45) is 12.3. The number of guanidine groups is 1. The van der Waals surface area contributed by atoms with E-state index in [1.807, 2.05) is 18.5 Å². The van der Waals surface area contributed by atoms with Crippen molar-refractivity contribution in [3.8, 4) is 0 Å². The first-order chi connectivity index (χ1) is 13.1. The van der Waals surface area contributed by atoms with E-state index in [1.165, 1.54) is 51.4 Å². The molecule has 3 aliphatic rings. The topological polar surface area (TPSA) is 76.4 Å². The van der Waals surface area contributed by atoms with E-state index in [-0.39, 0.29) is 29.6 Å². The van der Waals surface area contributed by atoms with Crippen molar-refractivity contribution in [1.82, 2.24) is 25.4 Å². The molecule has 1 unspecified atom stereocenters. The van der Waals surface area contributed by atoms with Gasteiger partial charge in [0.2, 0.25) is 0 Å². The van der Waals surface area contributed by atoms with Crippen molar-refractivity contribution in [3.63, 3.8) is 0 Å². The largest absolute Gasteiger partial charge is 0.375 e. The van der Waals surface area contributed by atoms with Gasteiger partial charge >= 0.3 is 0 Å². The van der Waals surface area contributed by atoms with Gasteiger partial charge in [0.25, 0.3) is 0 Å². The van der Waals surface area contributed by atoms with Gasteiger partial charge in [-0.1, -0.05) is 19.3 Å². The Kier molecular flexibility index (Phi) is 7.58. The molecule has 4 rings (SSSR count). The molecule has 7 nitrogen and oxygen atoms in total. The van der Waals surface area contributed by atoms with Crippen LogP contribution in [0.1, 0.15) is 75.9 Å². The molecule has 1 aromatic rings. The Bertz CT molecular complexity index is 666. The second kappa shape index (κ2) is 9.73. The molecule has 8 heteroatoms. The highest BCUT2D eigenvalue weighted by Gasteiger charge is 2.42. The molecule has 2 aliphatic carbocycles. The van der Waals surface area contributed by atoms with E-state index in [0.717, 1.165) is 37.1 Å². The van der Waals surface area contributed by atoms with Gasteiger partial charge in [-0.2, -0.15) is 0 Å².